The van der Waals surface area contributed by atoms with Crippen molar-refractivity contribution in [2.75, 3.05) is 7.11 Å². The molecule has 0 unspecified atom stereocenters. The molecule has 1 aromatic rings. The van der Waals surface area contributed by atoms with Gasteiger partial charge in [0, 0.05) is 4.88 Å². The fourth-order valence-corrected chi connectivity index (χ4v) is 2.30. The summed E-state index contributed by atoms with van der Waals surface area (Å²) in [6.45, 7) is 4.14. The molecule has 1 heterocycles. The van der Waals surface area contributed by atoms with Crippen LogP contribution in [0, 0.1) is 0 Å². The molecule has 2 nitrogen and oxygen atoms in total. The Morgan fingerprint density at radius 1 is 1.46 bits per heavy atom. The van der Waals surface area contributed by atoms with E-state index in [2.05, 4.69) is 13.0 Å². The summed E-state index contributed by atoms with van der Waals surface area (Å²) in [5.41, 5.74) is 1.11. The van der Waals surface area contributed by atoms with Gasteiger partial charge in [-0.05, 0) is 24.5 Å². The second kappa shape index (κ2) is 4.42. The first-order valence-corrected chi connectivity index (χ1v) is 5.24. The van der Waals surface area contributed by atoms with Crippen LogP contribution in [0.25, 0.3) is 0 Å². The van der Waals surface area contributed by atoms with Crippen molar-refractivity contribution in [3.8, 4) is 0 Å². The molecule has 1 aromatic heterocycles. The van der Waals surface area contributed by atoms with Gasteiger partial charge < -0.3 is 4.74 Å². The van der Waals surface area contributed by atoms with Gasteiger partial charge in [-0.15, -0.1) is 11.3 Å². The summed E-state index contributed by atoms with van der Waals surface area (Å²) in [6, 6.07) is 2.09. The zero-order valence-corrected chi connectivity index (χ0v) is 9.03. The van der Waals surface area contributed by atoms with Crippen LogP contribution < -0.4 is 0 Å². The van der Waals surface area contributed by atoms with Crippen molar-refractivity contribution in [2.24, 2.45) is 0 Å². The molecule has 1 rings (SSSR count). The first-order valence-electron chi connectivity index (χ1n) is 4.42. The van der Waals surface area contributed by atoms with Crippen LogP contribution in [0.2, 0.25) is 0 Å². The number of aryl methyl sites for hydroxylation is 2. The first-order chi connectivity index (χ1) is 6.22. The molecular formula is C10H14O2S. The average Bonchev–Trinajstić information content (AvgIpc) is 2.59. The van der Waals surface area contributed by atoms with Crippen molar-refractivity contribution >= 4 is 17.3 Å². The predicted molar refractivity (Wildman–Crippen MR) is 54.4 cm³/mol. The number of hydrogen-bond acceptors (Lipinski definition) is 3. The molecule has 0 fully saturated rings. The second-order valence-electron chi connectivity index (χ2n) is 2.77. The van der Waals surface area contributed by atoms with Crippen molar-refractivity contribution < 1.29 is 9.53 Å². The van der Waals surface area contributed by atoms with E-state index in [9.17, 15) is 4.79 Å². The molecule has 0 spiro atoms. The molecular weight excluding hydrogens is 184 g/mol. The number of thiophene rings is 1. The predicted octanol–water partition coefficient (Wildman–Crippen LogP) is 2.66. The van der Waals surface area contributed by atoms with Crippen LogP contribution in [-0.4, -0.2) is 13.1 Å². The van der Waals surface area contributed by atoms with Gasteiger partial charge in [-0.3, -0.25) is 0 Å². The Kier molecular flexibility index (Phi) is 3.48. The number of rotatable bonds is 3. The first kappa shape index (κ1) is 10.3. The number of methoxy groups -OCH3 is 1. The largest absolute Gasteiger partial charge is 0.465 e. The zero-order valence-electron chi connectivity index (χ0n) is 8.22. The summed E-state index contributed by atoms with van der Waals surface area (Å²) in [5, 5.41) is 0. The highest BCUT2D eigenvalue weighted by Gasteiger charge is 2.14. The van der Waals surface area contributed by atoms with E-state index in [1.165, 1.54) is 12.0 Å². The molecule has 0 aliphatic heterocycles. The lowest BCUT2D eigenvalue weighted by Gasteiger charge is -1.97. The minimum Gasteiger partial charge on any atom is -0.465 e. The normalized spacial score (nSPS) is 10.1. The monoisotopic (exact) mass is 198 g/mol. The molecule has 13 heavy (non-hydrogen) atoms. The topological polar surface area (TPSA) is 26.3 Å². The van der Waals surface area contributed by atoms with Gasteiger partial charge >= 0.3 is 5.97 Å². The smallest absolute Gasteiger partial charge is 0.348 e. The zero-order chi connectivity index (χ0) is 9.84. The molecule has 0 saturated heterocycles. The van der Waals surface area contributed by atoms with Crippen LogP contribution in [0.4, 0.5) is 0 Å². The van der Waals surface area contributed by atoms with E-state index in [-0.39, 0.29) is 5.97 Å². The molecule has 0 N–H and O–H groups in total. The minimum absolute atomic E-state index is 0.207. The number of ether oxygens (including phenoxy) is 1. The van der Waals surface area contributed by atoms with Crippen LogP contribution in [0.1, 0.15) is 34.0 Å². The maximum atomic E-state index is 11.3. The third-order valence-corrected chi connectivity index (χ3v) is 3.26. The summed E-state index contributed by atoms with van der Waals surface area (Å²) in [4.78, 5) is 13.3. The average molecular weight is 198 g/mol. The van der Waals surface area contributed by atoms with E-state index in [0.29, 0.717) is 0 Å². The molecule has 0 radical (unpaired) electrons. The summed E-state index contributed by atoms with van der Waals surface area (Å²) in [7, 11) is 1.42. The van der Waals surface area contributed by atoms with Gasteiger partial charge in [0.15, 0.2) is 0 Å². The van der Waals surface area contributed by atoms with Gasteiger partial charge in [0.05, 0.1) is 7.11 Å². The van der Waals surface area contributed by atoms with Crippen molar-refractivity contribution in [2.45, 2.75) is 26.7 Å². The molecule has 0 aromatic carbocycles. The summed E-state index contributed by atoms with van der Waals surface area (Å²) >= 11 is 1.54. The molecule has 0 saturated carbocycles. The molecule has 0 amide bonds. The van der Waals surface area contributed by atoms with Crippen LogP contribution in [0.3, 0.4) is 0 Å². The molecule has 0 atom stereocenters. The standard InChI is InChI=1S/C10H14O2S/c1-4-7-6-8(5-2)13-9(7)10(11)12-3/h6H,4-5H2,1-3H3. The summed E-state index contributed by atoms with van der Waals surface area (Å²) < 4.78 is 4.71. The van der Waals surface area contributed by atoms with E-state index in [1.807, 2.05) is 6.92 Å². The van der Waals surface area contributed by atoms with E-state index in [4.69, 9.17) is 4.74 Å². The highest BCUT2D eigenvalue weighted by atomic mass is 32.1. The third kappa shape index (κ3) is 2.10. The number of esters is 1. The number of hydrogen-bond donors (Lipinski definition) is 0. The molecule has 0 aliphatic carbocycles. The second-order valence-corrected chi connectivity index (χ2v) is 3.90. The molecule has 3 heteroatoms. The fraction of sp³-hybridized carbons (Fsp3) is 0.500. The van der Waals surface area contributed by atoms with Crippen molar-refractivity contribution in [3.05, 3.63) is 21.4 Å². The lowest BCUT2D eigenvalue weighted by Crippen LogP contribution is -2.00. The van der Waals surface area contributed by atoms with Crippen molar-refractivity contribution in [3.63, 3.8) is 0 Å². The van der Waals surface area contributed by atoms with E-state index >= 15 is 0 Å². The van der Waals surface area contributed by atoms with Crippen molar-refractivity contribution in [1.29, 1.82) is 0 Å². The van der Waals surface area contributed by atoms with Crippen LogP contribution in [-0.2, 0) is 17.6 Å². The Balaban J connectivity index is 3.03. The fourth-order valence-electron chi connectivity index (χ4n) is 1.19. The van der Waals surface area contributed by atoms with Crippen LogP contribution in [0.15, 0.2) is 6.07 Å². The maximum absolute atomic E-state index is 11.3. The SMILES string of the molecule is CCc1cc(CC)c(C(=O)OC)s1. The molecule has 0 aliphatic rings. The lowest BCUT2D eigenvalue weighted by atomic mass is 10.2. The molecule has 0 bridgehead atoms. The minimum atomic E-state index is -0.207. The van der Waals surface area contributed by atoms with Crippen molar-refractivity contribution in [1.82, 2.24) is 0 Å². The van der Waals surface area contributed by atoms with E-state index in [1.54, 1.807) is 11.3 Å². The van der Waals surface area contributed by atoms with E-state index in [0.717, 1.165) is 23.3 Å². The van der Waals surface area contributed by atoms with Gasteiger partial charge in [0.2, 0.25) is 0 Å². The summed E-state index contributed by atoms with van der Waals surface area (Å²) in [6.07, 6.45) is 1.87. The Morgan fingerprint density at radius 2 is 2.15 bits per heavy atom. The Labute approximate surface area is 82.5 Å². The van der Waals surface area contributed by atoms with Gasteiger partial charge in [-0.1, -0.05) is 13.8 Å². The lowest BCUT2D eigenvalue weighted by molar-refractivity contribution is 0.0605. The highest BCUT2D eigenvalue weighted by molar-refractivity contribution is 7.14. The van der Waals surface area contributed by atoms with Gasteiger partial charge in [0.25, 0.3) is 0 Å². The van der Waals surface area contributed by atoms with Gasteiger partial charge in [0.1, 0.15) is 4.88 Å². The quantitative estimate of drug-likeness (QED) is 0.698. The summed E-state index contributed by atoms with van der Waals surface area (Å²) in [5.74, 6) is -0.207. The van der Waals surface area contributed by atoms with Crippen LogP contribution >= 0.6 is 11.3 Å². The Bertz CT molecular complexity index is 302. The third-order valence-electron chi connectivity index (χ3n) is 1.96. The Morgan fingerprint density at radius 3 is 2.62 bits per heavy atom. The van der Waals surface area contributed by atoms with Crippen LogP contribution in [0.5, 0.6) is 0 Å². The van der Waals surface area contributed by atoms with Gasteiger partial charge in [-0.2, -0.15) is 0 Å². The number of carbonyl (C=O) groups excluding carboxylic acids is 1. The van der Waals surface area contributed by atoms with E-state index < -0.39 is 0 Å². The highest BCUT2D eigenvalue weighted by Crippen LogP contribution is 2.24. The van der Waals surface area contributed by atoms with Gasteiger partial charge in [-0.25, -0.2) is 4.79 Å². The number of carbonyl (C=O) groups is 1. The molecule has 72 valence electrons. The maximum Gasteiger partial charge on any atom is 0.348 e. The Hall–Kier alpha value is -0.830.